The molecule has 0 radical (unpaired) electrons. The minimum absolute atomic E-state index is 0.120. The Hall–Kier alpha value is -2.17. The molecule has 1 aliphatic heterocycles. The molecule has 3 aromatic rings. The van der Waals surface area contributed by atoms with Crippen LogP contribution in [0.4, 0.5) is 0 Å². The summed E-state index contributed by atoms with van der Waals surface area (Å²) in [6.07, 6.45) is 7.04. The minimum atomic E-state index is -0.120. The number of rotatable bonds is 3. The number of phenolic OH excluding ortho intramolecular Hbond substituents is 1. The Morgan fingerprint density at radius 3 is 2.56 bits per heavy atom. The van der Waals surface area contributed by atoms with Crippen molar-refractivity contribution in [2.45, 2.75) is 25.3 Å². The highest BCUT2D eigenvalue weighted by Gasteiger charge is 2.28. The summed E-state index contributed by atoms with van der Waals surface area (Å²) in [5.74, 6) is 0.196. The molecule has 1 atom stereocenters. The molecular weight excluding hydrogens is 334 g/mol. The summed E-state index contributed by atoms with van der Waals surface area (Å²) in [4.78, 5) is 11.3. The van der Waals surface area contributed by atoms with Gasteiger partial charge in [0.25, 0.3) is 0 Å². The quantitative estimate of drug-likeness (QED) is 0.749. The summed E-state index contributed by atoms with van der Waals surface area (Å²) in [5, 5.41) is 12.3. The summed E-state index contributed by atoms with van der Waals surface area (Å²) in [6, 6.07) is 11.4. The third-order valence-electron chi connectivity index (χ3n) is 4.86. The van der Waals surface area contributed by atoms with Crippen LogP contribution < -0.4 is 0 Å². The number of fused-ring (bicyclic) bond motifs is 1. The van der Waals surface area contributed by atoms with Crippen LogP contribution >= 0.6 is 11.6 Å². The maximum Gasteiger partial charge on any atom is 0.147 e. The van der Waals surface area contributed by atoms with E-state index in [4.69, 9.17) is 11.6 Å². The molecule has 25 heavy (non-hydrogen) atoms. The smallest absolute Gasteiger partial charge is 0.147 e. The fraction of sp³-hybridized carbons (Fsp3) is 0.300. The van der Waals surface area contributed by atoms with E-state index in [1.807, 2.05) is 36.4 Å². The molecule has 0 amide bonds. The average molecular weight is 354 g/mol. The predicted molar refractivity (Wildman–Crippen MR) is 99.9 cm³/mol. The van der Waals surface area contributed by atoms with Crippen LogP contribution in [0.3, 0.4) is 0 Å². The number of hydrogen-bond donors (Lipinski definition) is 1. The Morgan fingerprint density at radius 2 is 1.80 bits per heavy atom. The summed E-state index contributed by atoms with van der Waals surface area (Å²) < 4.78 is 0. The number of piperidine rings is 1. The van der Waals surface area contributed by atoms with Gasteiger partial charge >= 0.3 is 0 Å². The van der Waals surface area contributed by atoms with Gasteiger partial charge in [-0.25, -0.2) is 0 Å². The summed E-state index contributed by atoms with van der Waals surface area (Å²) in [6.45, 7) is 1.97. The summed E-state index contributed by atoms with van der Waals surface area (Å²) in [7, 11) is 0. The second-order valence-corrected chi connectivity index (χ2v) is 6.86. The van der Waals surface area contributed by atoms with E-state index in [0.717, 1.165) is 42.6 Å². The highest BCUT2D eigenvalue weighted by molar-refractivity contribution is 6.35. The number of benzene rings is 1. The van der Waals surface area contributed by atoms with E-state index in [9.17, 15) is 5.11 Å². The van der Waals surface area contributed by atoms with Crippen LogP contribution in [0.2, 0.25) is 5.02 Å². The van der Waals surface area contributed by atoms with Crippen LogP contribution in [-0.4, -0.2) is 33.1 Å². The van der Waals surface area contributed by atoms with Gasteiger partial charge in [0.2, 0.25) is 0 Å². The maximum atomic E-state index is 11.0. The first-order chi connectivity index (χ1) is 12.3. The number of hydrogen-bond acceptors (Lipinski definition) is 4. The molecule has 1 N–H and O–H groups in total. The van der Waals surface area contributed by atoms with Gasteiger partial charge in [-0.3, -0.25) is 14.9 Å². The van der Waals surface area contributed by atoms with Gasteiger partial charge in [-0.2, -0.15) is 0 Å². The van der Waals surface area contributed by atoms with Crippen molar-refractivity contribution >= 4 is 22.5 Å². The zero-order chi connectivity index (χ0) is 17.2. The normalized spacial score (nSPS) is 16.8. The fourth-order valence-corrected chi connectivity index (χ4v) is 3.94. The molecule has 1 aromatic carbocycles. The van der Waals surface area contributed by atoms with E-state index in [2.05, 4.69) is 14.9 Å². The first-order valence-electron chi connectivity index (χ1n) is 8.67. The molecule has 4 rings (SSSR count). The molecule has 0 bridgehead atoms. The first-order valence-corrected chi connectivity index (χ1v) is 9.04. The molecule has 1 fully saturated rings. The minimum Gasteiger partial charge on any atom is -0.505 e. The molecule has 3 heterocycles. The van der Waals surface area contributed by atoms with Gasteiger partial charge in [0, 0.05) is 23.3 Å². The molecule has 2 aromatic heterocycles. The second-order valence-electron chi connectivity index (χ2n) is 6.45. The first kappa shape index (κ1) is 16.3. The third-order valence-corrected chi connectivity index (χ3v) is 5.18. The molecule has 1 saturated heterocycles. The Labute approximate surface area is 152 Å². The molecular formula is C20H20ClN3O. The van der Waals surface area contributed by atoms with Gasteiger partial charge in [0.1, 0.15) is 11.3 Å². The summed E-state index contributed by atoms with van der Waals surface area (Å²) in [5.41, 5.74) is 2.24. The van der Waals surface area contributed by atoms with Crippen LogP contribution in [0.1, 0.15) is 36.6 Å². The topological polar surface area (TPSA) is 49.3 Å². The van der Waals surface area contributed by atoms with E-state index in [1.165, 1.54) is 6.42 Å². The van der Waals surface area contributed by atoms with E-state index in [0.29, 0.717) is 10.5 Å². The van der Waals surface area contributed by atoms with Crippen molar-refractivity contribution in [3.63, 3.8) is 0 Å². The molecule has 0 unspecified atom stereocenters. The highest BCUT2D eigenvalue weighted by Crippen LogP contribution is 2.41. The van der Waals surface area contributed by atoms with Gasteiger partial charge in [-0.15, -0.1) is 0 Å². The summed E-state index contributed by atoms with van der Waals surface area (Å²) >= 11 is 6.51. The van der Waals surface area contributed by atoms with Crippen LogP contribution in [0, 0.1) is 0 Å². The SMILES string of the molecule is Oc1c([C@H](c2ccccn2)N2CCCCC2)cc(Cl)c2cccnc12. The largest absolute Gasteiger partial charge is 0.505 e. The number of phenols is 1. The molecule has 0 saturated carbocycles. The van der Waals surface area contributed by atoms with Gasteiger partial charge in [0.05, 0.1) is 16.8 Å². The molecule has 0 aliphatic carbocycles. The number of halogens is 1. The van der Waals surface area contributed by atoms with Crippen LogP contribution in [0.15, 0.2) is 48.8 Å². The standard InChI is InChI=1S/C20H20ClN3O/c21-16-13-15(20(25)18-14(16)7-6-10-23-18)19(17-8-2-3-9-22-17)24-11-4-1-5-12-24/h2-3,6-10,13,19,25H,1,4-5,11-12H2/t19-/m1/s1. The van der Waals surface area contributed by atoms with E-state index >= 15 is 0 Å². The Bertz CT molecular complexity index is 879. The van der Waals surface area contributed by atoms with Gasteiger partial charge in [-0.1, -0.05) is 24.1 Å². The third kappa shape index (κ3) is 3.08. The van der Waals surface area contributed by atoms with Gasteiger partial charge in [-0.05, 0) is 56.3 Å². The van der Waals surface area contributed by atoms with Crippen molar-refractivity contribution in [2.24, 2.45) is 0 Å². The lowest BCUT2D eigenvalue weighted by Gasteiger charge is -2.35. The molecule has 0 spiro atoms. The number of nitrogens with zero attached hydrogens (tertiary/aromatic N) is 3. The number of likely N-dealkylation sites (tertiary alicyclic amines) is 1. The number of aromatic hydroxyl groups is 1. The lowest BCUT2D eigenvalue weighted by molar-refractivity contribution is 0.182. The molecule has 4 nitrogen and oxygen atoms in total. The van der Waals surface area contributed by atoms with Crippen molar-refractivity contribution in [3.05, 3.63) is 65.1 Å². The van der Waals surface area contributed by atoms with Gasteiger partial charge < -0.3 is 5.11 Å². The predicted octanol–water partition coefficient (Wildman–Crippen LogP) is 4.56. The molecule has 128 valence electrons. The number of aromatic nitrogens is 2. The van der Waals surface area contributed by atoms with Gasteiger partial charge in [0.15, 0.2) is 0 Å². The second kappa shape index (κ2) is 6.98. The van der Waals surface area contributed by atoms with Crippen LogP contribution in [0.25, 0.3) is 10.9 Å². The van der Waals surface area contributed by atoms with Crippen molar-refractivity contribution in [2.75, 3.05) is 13.1 Å². The van der Waals surface area contributed by atoms with Crippen LogP contribution in [0.5, 0.6) is 5.75 Å². The van der Waals surface area contributed by atoms with Crippen molar-refractivity contribution < 1.29 is 5.11 Å². The average Bonchev–Trinajstić information content (AvgIpc) is 2.68. The zero-order valence-electron chi connectivity index (χ0n) is 13.9. The zero-order valence-corrected chi connectivity index (χ0v) is 14.7. The Balaban J connectivity index is 1.90. The van der Waals surface area contributed by atoms with Crippen molar-refractivity contribution in [1.29, 1.82) is 0 Å². The highest BCUT2D eigenvalue weighted by atomic mass is 35.5. The molecule has 1 aliphatic rings. The molecule has 5 heteroatoms. The Morgan fingerprint density at radius 1 is 1.00 bits per heavy atom. The van der Waals surface area contributed by atoms with Crippen LogP contribution in [-0.2, 0) is 0 Å². The maximum absolute atomic E-state index is 11.0. The van der Waals surface area contributed by atoms with Crippen molar-refractivity contribution in [1.82, 2.24) is 14.9 Å². The van der Waals surface area contributed by atoms with E-state index in [-0.39, 0.29) is 11.8 Å². The fourth-order valence-electron chi connectivity index (χ4n) is 3.67. The lowest BCUT2D eigenvalue weighted by Crippen LogP contribution is -2.34. The number of pyridine rings is 2. The van der Waals surface area contributed by atoms with E-state index < -0.39 is 0 Å². The monoisotopic (exact) mass is 353 g/mol. The Kier molecular flexibility index (Phi) is 4.55. The lowest BCUT2D eigenvalue weighted by atomic mass is 9.96. The van der Waals surface area contributed by atoms with Crippen molar-refractivity contribution in [3.8, 4) is 5.75 Å². The van der Waals surface area contributed by atoms with E-state index in [1.54, 1.807) is 12.4 Å².